The van der Waals surface area contributed by atoms with Crippen LogP contribution < -0.4 is 0 Å². The number of aromatic nitrogens is 2. The van der Waals surface area contributed by atoms with Crippen LogP contribution in [0.3, 0.4) is 0 Å². The van der Waals surface area contributed by atoms with Gasteiger partial charge in [0.15, 0.2) is 5.82 Å². The van der Waals surface area contributed by atoms with E-state index in [1.165, 1.54) is 16.7 Å². The molecular formula is C13H12BrClN2. The first-order chi connectivity index (χ1) is 7.99. The van der Waals surface area contributed by atoms with E-state index in [9.17, 15) is 0 Å². The molecule has 1 heterocycles. The Morgan fingerprint density at radius 3 is 2.24 bits per heavy atom. The van der Waals surface area contributed by atoms with Crippen LogP contribution in [0.15, 0.2) is 22.8 Å². The largest absolute Gasteiger partial charge is 0.235 e. The molecule has 0 saturated carbocycles. The van der Waals surface area contributed by atoms with E-state index in [1.54, 1.807) is 6.20 Å². The van der Waals surface area contributed by atoms with Crippen molar-refractivity contribution in [1.29, 1.82) is 0 Å². The molecule has 0 spiro atoms. The van der Waals surface area contributed by atoms with Gasteiger partial charge in [0.25, 0.3) is 0 Å². The van der Waals surface area contributed by atoms with Crippen molar-refractivity contribution in [3.8, 4) is 11.4 Å². The summed E-state index contributed by atoms with van der Waals surface area (Å²) < 4.78 is 0.713. The van der Waals surface area contributed by atoms with Gasteiger partial charge in [-0.25, -0.2) is 9.97 Å². The lowest BCUT2D eigenvalue weighted by Crippen LogP contribution is -1.96. The Morgan fingerprint density at radius 2 is 1.71 bits per heavy atom. The Hall–Kier alpha value is -0.930. The van der Waals surface area contributed by atoms with E-state index >= 15 is 0 Å². The number of rotatable bonds is 1. The summed E-state index contributed by atoms with van der Waals surface area (Å²) in [5, 5.41) is 0.439. The summed E-state index contributed by atoms with van der Waals surface area (Å²) >= 11 is 9.30. The smallest absolute Gasteiger partial charge is 0.161 e. The van der Waals surface area contributed by atoms with Gasteiger partial charge in [0, 0.05) is 11.8 Å². The highest BCUT2D eigenvalue weighted by molar-refractivity contribution is 9.10. The Balaban J connectivity index is 2.64. The molecule has 2 nitrogen and oxygen atoms in total. The lowest BCUT2D eigenvalue weighted by molar-refractivity contribution is 1.14. The second kappa shape index (κ2) is 4.75. The van der Waals surface area contributed by atoms with Gasteiger partial charge in [-0.1, -0.05) is 29.3 Å². The van der Waals surface area contributed by atoms with Gasteiger partial charge in [0.05, 0.1) is 4.47 Å². The maximum atomic E-state index is 6.00. The molecule has 0 atom stereocenters. The summed E-state index contributed by atoms with van der Waals surface area (Å²) in [4.78, 5) is 8.62. The predicted octanol–water partition coefficient (Wildman–Crippen LogP) is 4.48. The van der Waals surface area contributed by atoms with E-state index in [2.05, 4.69) is 58.8 Å². The summed E-state index contributed by atoms with van der Waals surface area (Å²) in [5.74, 6) is 0.674. The number of halogens is 2. The normalized spacial score (nSPS) is 10.6. The lowest BCUT2D eigenvalue weighted by Gasteiger charge is -2.10. The van der Waals surface area contributed by atoms with Crippen LogP contribution in [0.5, 0.6) is 0 Å². The van der Waals surface area contributed by atoms with Gasteiger partial charge in [-0.05, 0) is 47.8 Å². The van der Waals surface area contributed by atoms with Crippen LogP contribution in [0.25, 0.3) is 11.4 Å². The molecule has 0 aliphatic rings. The Labute approximate surface area is 114 Å². The van der Waals surface area contributed by atoms with E-state index in [1.807, 2.05) is 0 Å². The number of nitrogens with zero attached hydrogens (tertiary/aromatic N) is 2. The van der Waals surface area contributed by atoms with Gasteiger partial charge >= 0.3 is 0 Å². The molecule has 0 bridgehead atoms. The fraction of sp³-hybridized carbons (Fsp3) is 0.231. The molecule has 0 amide bonds. The minimum Gasteiger partial charge on any atom is -0.235 e. The molecule has 4 heteroatoms. The monoisotopic (exact) mass is 310 g/mol. The SMILES string of the molecule is Cc1cc(C)c(-c2ncc(Br)c(Cl)n2)c(C)c1. The van der Waals surface area contributed by atoms with Crippen molar-refractivity contribution in [3.05, 3.63) is 44.6 Å². The van der Waals surface area contributed by atoms with Crippen molar-refractivity contribution in [2.24, 2.45) is 0 Å². The molecule has 88 valence electrons. The Kier molecular flexibility index (Phi) is 3.50. The van der Waals surface area contributed by atoms with E-state index in [0.717, 1.165) is 5.56 Å². The van der Waals surface area contributed by atoms with E-state index in [0.29, 0.717) is 15.5 Å². The van der Waals surface area contributed by atoms with E-state index < -0.39 is 0 Å². The average Bonchev–Trinajstić information content (AvgIpc) is 2.21. The first kappa shape index (κ1) is 12.5. The lowest BCUT2D eigenvalue weighted by atomic mass is 9.99. The second-order valence-electron chi connectivity index (χ2n) is 4.11. The van der Waals surface area contributed by atoms with Crippen molar-refractivity contribution >= 4 is 27.5 Å². The van der Waals surface area contributed by atoms with Gasteiger partial charge in [-0.3, -0.25) is 0 Å². The molecule has 1 aromatic carbocycles. The third kappa shape index (κ3) is 2.50. The van der Waals surface area contributed by atoms with Crippen LogP contribution in [0, 0.1) is 20.8 Å². The Morgan fingerprint density at radius 1 is 1.12 bits per heavy atom. The summed E-state index contributed by atoms with van der Waals surface area (Å²) in [7, 11) is 0. The minimum atomic E-state index is 0.439. The molecule has 0 fully saturated rings. The van der Waals surface area contributed by atoms with Crippen molar-refractivity contribution in [1.82, 2.24) is 9.97 Å². The summed E-state index contributed by atoms with van der Waals surface area (Å²) in [6.45, 7) is 6.21. The zero-order valence-corrected chi connectivity index (χ0v) is 12.2. The van der Waals surface area contributed by atoms with E-state index in [-0.39, 0.29) is 0 Å². The van der Waals surface area contributed by atoms with Crippen molar-refractivity contribution in [2.75, 3.05) is 0 Å². The number of benzene rings is 1. The maximum Gasteiger partial charge on any atom is 0.161 e. The topological polar surface area (TPSA) is 25.8 Å². The predicted molar refractivity (Wildman–Crippen MR) is 74.4 cm³/mol. The molecular weight excluding hydrogens is 300 g/mol. The quantitative estimate of drug-likeness (QED) is 0.725. The zero-order chi connectivity index (χ0) is 12.6. The fourth-order valence-electron chi connectivity index (χ4n) is 2.00. The summed E-state index contributed by atoms with van der Waals surface area (Å²) in [5.41, 5.74) is 4.64. The molecule has 0 aliphatic carbocycles. The first-order valence-electron chi connectivity index (χ1n) is 5.25. The molecule has 0 saturated heterocycles. The highest BCUT2D eigenvalue weighted by atomic mass is 79.9. The number of hydrogen-bond acceptors (Lipinski definition) is 2. The maximum absolute atomic E-state index is 6.00. The van der Waals surface area contributed by atoms with Gasteiger partial charge in [-0.2, -0.15) is 0 Å². The van der Waals surface area contributed by atoms with Crippen LogP contribution in [0.4, 0.5) is 0 Å². The van der Waals surface area contributed by atoms with Gasteiger partial charge in [0.1, 0.15) is 5.15 Å². The molecule has 0 N–H and O–H groups in total. The summed E-state index contributed by atoms with van der Waals surface area (Å²) in [6, 6.07) is 4.25. The van der Waals surface area contributed by atoms with Crippen LogP contribution >= 0.6 is 27.5 Å². The third-order valence-corrected chi connectivity index (χ3v) is 3.70. The fourth-order valence-corrected chi connectivity index (χ4v) is 2.32. The number of hydrogen-bond donors (Lipinski definition) is 0. The van der Waals surface area contributed by atoms with Gasteiger partial charge in [-0.15, -0.1) is 0 Å². The molecule has 2 rings (SSSR count). The minimum absolute atomic E-state index is 0.439. The average molecular weight is 312 g/mol. The van der Waals surface area contributed by atoms with Gasteiger partial charge < -0.3 is 0 Å². The molecule has 0 radical (unpaired) electrons. The van der Waals surface area contributed by atoms with Crippen molar-refractivity contribution in [3.63, 3.8) is 0 Å². The van der Waals surface area contributed by atoms with Crippen LogP contribution in [0.1, 0.15) is 16.7 Å². The molecule has 2 aromatic rings. The standard InChI is InChI=1S/C13H12BrClN2/c1-7-4-8(2)11(9(3)5-7)13-16-6-10(14)12(15)17-13/h4-6H,1-3H3. The zero-order valence-electron chi connectivity index (χ0n) is 9.88. The molecule has 17 heavy (non-hydrogen) atoms. The molecule has 0 unspecified atom stereocenters. The van der Waals surface area contributed by atoms with Crippen LogP contribution in [-0.4, -0.2) is 9.97 Å². The second-order valence-corrected chi connectivity index (χ2v) is 5.32. The summed E-state index contributed by atoms with van der Waals surface area (Å²) in [6.07, 6.45) is 1.68. The molecule has 0 aliphatic heterocycles. The highest BCUT2D eigenvalue weighted by Crippen LogP contribution is 2.28. The van der Waals surface area contributed by atoms with Gasteiger partial charge in [0.2, 0.25) is 0 Å². The Bertz CT molecular complexity index is 559. The number of aryl methyl sites for hydroxylation is 3. The van der Waals surface area contributed by atoms with E-state index in [4.69, 9.17) is 11.6 Å². The van der Waals surface area contributed by atoms with Crippen molar-refractivity contribution < 1.29 is 0 Å². The van der Waals surface area contributed by atoms with Crippen LogP contribution in [-0.2, 0) is 0 Å². The third-order valence-electron chi connectivity index (χ3n) is 2.60. The first-order valence-corrected chi connectivity index (χ1v) is 6.42. The highest BCUT2D eigenvalue weighted by Gasteiger charge is 2.11. The van der Waals surface area contributed by atoms with Crippen molar-refractivity contribution in [2.45, 2.75) is 20.8 Å². The molecule has 1 aromatic heterocycles. The van der Waals surface area contributed by atoms with Crippen LogP contribution in [0.2, 0.25) is 5.15 Å².